The third-order valence-electron chi connectivity index (χ3n) is 7.74. The molecule has 1 amide bonds. The first-order valence-corrected chi connectivity index (χ1v) is 15.0. The minimum Gasteiger partial charge on any atom is -0.505 e. The van der Waals surface area contributed by atoms with E-state index in [1.54, 1.807) is 51.1 Å². The number of aromatic hydroxyl groups is 1. The number of methoxy groups -OCH3 is 1. The highest BCUT2D eigenvalue weighted by Crippen LogP contribution is 2.40. The number of amides is 1. The zero-order valence-electron chi connectivity index (χ0n) is 26.5. The lowest BCUT2D eigenvalue weighted by atomic mass is 9.89. The molecule has 0 saturated carbocycles. The van der Waals surface area contributed by atoms with Gasteiger partial charge in [-0.25, -0.2) is 9.59 Å². The molecular formula is C33H37N3O11. The van der Waals surface area contributed by atoms with E-state index in [2.05, 4.69) is 21.6 Å². The van der Waals surface area contributed by atoms with Gasteiger partial charge < -0.3 is 37.9 Å². The molecule has 2 saturated heterocycles. The van der Waals surface area contributed by atoms with Gasteiger partial charge in [0.05, 0.1) is 16.7 Å². The van der Waals surface area contributed by atoms with Gasteiger partial charge in [-0.05, 0) is 64.3 Å². The third-order valence-corrected chi connectivity index (χ3v) is 7.74. The van der Waals surface area contributed by atoms with Crippen molar-refractivity contribution in [3.05, 3.63) is 58.4 Å². The molecule has 1 unspecified atom stereocenters. The number of carbonyl (C=O) groups excluding carboxylic acids is 1. The van der Waals surface area contributed by atoms with Crippen molar-refractivity contribution in [2.45, 2.75) is 76.5 Å². The zero-order chi connectivity index (χ0) is 33.6. The zero-order valence-corrected chi connectivity index (χ0v) is 26.5. The van der Waals surface area contributed by atoms with Gasteiger partial charge in [0.2, 0.25) is 12.0 Å². The second-order valence-electron chi connectivity index (χ2n) is 11.4. The molecule has 2 fully saturated rings. The van der Waals surface area contributed by atoms with Crippen LogP contribution in [0.2, 0.25) is 0 Å². The molecule has 2 aliphatic rings. The summed E-state index contributed by atoms with van der Waals surface area (Å²) in [5, 5.41) is 19.2. The van der Waals surface area contributed by atoms with E-state index in [9.17, 15) is 14.7 Å². The molecule has 2 aliphatic heterocycles. The molecule has 0 aliphatic carbocycles. The molecule has 47 heavy (non-hydrogen) atoms. The Morgan fingerprint density at radius 1 is 1.15 bits per heavy atom. The minimum atomic E-state index is -1.18. The number of benzene rings is 2. The van der Waals surface area contributed by atoms with Crippen molar-refractivity contribution >= 4 is 28.4 Å². The van der Waals surface area contributed by atoms with Crippen LogP contribution in [-0.2, 0) is 28.5 Å². The highest BCUT2D eigenvalue weighted by atomic mass is 16.8. The molecule has 0 spiro atoms. The molecule has 0 bridgehead atoms. The number of nitrogens with zero attached hydrogens (tertiary/aromatic N) is 2. The van der Waals surface area contributed by atoms with Gasteiger partial charge in [0, 0.05) is 19.3 Å². The van der Waals surface area contributed by atoms with Gasteiger partial charge in [0.1, 0.15) is 24.0 Å². The van der Waals surface area contributed by atoms with E-state index in [1.807, 2.05) is 6.07 Å². The average molecular weight is 652 g/mol. The lowest BCUT2D eigenvalue weighted by molar-refractivity contribution is -0.338. The van der Waals surface area contributed by atoms with E-state index < -0.39 is 54.0 Å². The molecule has 250 valence electrons. The summed E-state index contributed by atoms with van der Waals surface area (Å²) < 4.78 is 42.1. The summed E-state index contributed by atoms with van der Waals surface area (Å²) in [4.78, 5) is 30.6. The fraction of sp³-hybridized carbons (Fsp3) is 0.455. The number of ether oxygens (including phenoxy) is 6. The Morgan fingerprint density at radius 3 is 2.64 bits per heavy atom. The molecule has 14 heteroatoms. The third kappa shape index (κ3) is 7.73. The Morgan fingerprint density at radius 2 is 1.94 bits per heavy atom. The highest BCUT2D eigenvalue weighted by Gasteiger charge is 2.55. The lowest BCUT2D eigenvalue weighted by Crippen LogP contribution is -2.66. The van der Waals surface area contributed by atoms with E-state index in [-0.39, 0.29) is 29.0 Å². The van der Waals surface area contributed by atoms with Gasteiger partial charge in [-0.3, -0.25) is 4.84 Å². The predicted octanol–water partition coefficient (Wildman–Crippen LogP) is 5.32. The summed E-state index contributed by atoms with van der Waals surface area (Å²) in [6.07, 6.45) is 1.85. The molecule has 2 N–H and O–H groups in total. The summed E-state index contributed by atoms with van der Waals surface area (Å²) >= 11 is 0. The monoisotopic (exact) mass is 651 g/mol. The number of carbonyl (C=O) groups is 1. The molecule has 3 heterocycles. The van der Waals surface area contributed by atoms with Crippen LogP contribution in [0.1, 0.15) is 38.7 Å². The minimum absolute atomic E-state index is 0.0689. The Hall–Kier alpha value is -4.52. The molecule has 14 nitrogen and oxygen atoms in total. The van der Waals surface area contributed by atoms with Crippen LogP contribution in [0, 0.1) is 19.3 Å². The SMILES string of the molecule is C#CCONC(=O)O[C@@H]1[C@H](OC2CCCCO2)[C@H](Oc2ccc3c(O)c(N=Nc4ccccc4)c(=O)oc3c2C)OC(C)(C)[C@@H]1OC. The quantitative estimate of drug-likeness (QED) is 0.0956. The van der Waals surface area contributed by atoms with Gasteiger partial charge in [-0.15, -0.1) is 11.5 Å². The van der Waals surface area contributed by atoms with E-state index in [1.165, 1.54) is 13.2 Å². The summed E-state index contributed by atoms with van der Waals surface area (Å²) in [6.45, 7) is 5.48. The second-order valence-corrected chi connectivity index (χ2v) is 11.4. The van der Waals surface area contributed by atoms with Crippen LogP contribution >= 0.6 is 0 Å². The van der Waals surface area contributed by atoms with Crippen molar-refractivity contribution in [2.75, 3.05) is 20.3 Å². The maximum absolute atomic E-state index is 12.9. The Labute approximate surface area is 270 Å². The van der Waals surface area contributed by atoms with Gasteiger partial charge in [-0.1, -0.05) is 24.1 Å². The van der Waals surface area contributed by atoms with Crippen LogP contribution in [0.25, 0.3) is 11.0 Å². The van der Waals surface area contributed by atoms with E-state index >= 15 is 0 Å². The van der Waals surface area contributed by atoms with Crippen molar-refractivity contribution in [1.82, 2.24) is 5.48 Å². The van der Waals surface area contributed by atoms with Crippen molar-refractivity contribution in [3.63, 3.8) is 0 Å². The molecule has 5 rings (SSSR count). The van der Waals surface area contributed by atoms with Crippen molar-refractivity contribution < 1.29 is 47.6 Å². The lowest BCUT2D eigenvalue weighted by Gasteiger charge is -2.49. The molecule has 2 aromatic carbocycles. The molecule has 5 atom stereocenters. The van der Waals surface area contributed by atoms with E-state index in [4.69, 9.17) is 44.1 Å². The number of hydrogen-bond donors (Lipinski definition) is 2. The Kier molecular flexibility index (Phi) is 10.7. The molecular weight excluding hydrogens is 614 g/mol. The first-order chi connectivity index (χ1) is 22.6. The van der Waals surface area contributed by atoms with Crippen LogP contribution in [0.4, 0.5) is 16.2 Å². The topological polar surface area (TPSA) is 169 Å². The van der Waals surface area contributed by atoms with E-state index in [0.29, 0.717) is 24.3 Å². The summed E-state index contributed by atoms with van der Waals surface area (Å²) in [5.74, 6) is 2.09. The maximum atomic E-state index is 12.9. The summed E-state index contributed by atoms with van der Waals surface area (Å²) in [5.41, 5.74) is 0.784. The number of nitrogens with one attached hydrogen (secondary N) is 1. The average Bonchev–Trinajstić information content (AvgIpc) is 3.05. The molecule has 3 aromatic rings. The van der Waals surface area contributed by atoms with Crippen LogP contribution in [0.15, 0.2) is 61.9 Å². The molecule has 1 aromatic heterocycles. The van der Waals surface area contributed by atoms with Crippen molar-refractivity contribution in [1.29, 1.82) is 0 Å². The molecule has 0 radical (unpaired) electrons. The number of rotatable bonds is 10. The maximum Gasteiger partial charge on any atom is 0.431 e. The number of aryl methyl sites for hydroxylation is 1. The van der Waals surface area contributed by atoms with E-state index in [0.717, 1.165) is 12.8 Å². The fourth-order valence-corrected chi connectivity index (χ4v) is 5.51. The normalized spacial score (nSPS) is 24.1. The smallest absolute Gasteiger partial charge is 0.431 e. The van der Waals surface area contributed by atoms with Crippen LogP contribution < -0.4 is 15.8 Å². The second kappa shape index (κ2) is 14.9. The van der Waals surface area contributed by atoms with Gasteiger partial charge in [0.25, 0.3) is 0 Å². The van der Waals surface area contributed by atoms with Crippen molar-refractivity contribution in [3.8, 4) is 23.8 Å². The fourth-order valence-electron chi connectivity index (χ4n) is 5.51. The summed E-state index contributed by atoms with van der Waals surface area (Å²) in [7, 11) is 1.46. The first-order valence-electron chi connectivity index (χ1n) is 15.0. The Balaban J connectivity index is 1.48. The van der Waals surface area contributed by atoms with Gasteiger partial charge in [-0.2, -0.15) is 10.6 Å². The van der Waals surface area contributed by atoms with Gasteiger partial charge >= 0.3 is 11.7 Å². The predicted molar refractivity (Wildman–Crippen MR) is 167 cm³/mol. The van der Waals surface area contributed by atoms with Crippen molar-refractivity contribution in [2.24, 2.45) is 10.2 Å². The van der Waals surface area contributed by atoms with Crippen LogP contribution in [-0.4, -0.2) is 68.0 Å². The number of terminal acetylenes is 1. The highest BCUT2D eigenvalue weighted by molar-refractivity contribution is 5.90. The number of azo groups is 1. The van der Waals surface area contributed by atoms with Crippen LogP contribution in [0.5, 0.6) is 11.5 Å². The first kappa shape index (κ1) is 33.8. The van der Waals surface area contributed by atoms with Crippen LogP contribution in [0.3, 0.4) is 0 Å². The number of hydrogen-bond acceptors (Lipinski definition) is 13. The van der Waals surface area contributed by atoms with Gasteiger partial charge in [0.15, 0.2) is 24.2 Å². The standard InChI is InChI=1S/C33H37N3O11/c1-6-17-42-36-32(39)46-27-28(44-23-14-10-11-18-41-23)31(47-33(3,4)29(27)40-5)43-22-16-15-21-25(37)24(30(38)45-26(21)19(22)2)35-34-20-12-8-7-9-13-20/h1,7-9,12-13,15-16,23,27-29,31,37H,10-11,14,17-18H2,2-5H3,(H,36,39)/t23?,27-,28+,29-,31-/m1/s1. The number of fused-ring (bicyclic) bond motifs is 1. The largest absolute Gasteiger partial charge is 0.505 e. The Bertz CT molecular complexity index is 1680. The summed E-state index contributed by atoms with van der Waals surface area (Å²) in [6, 6.07) is 11.9. The number of hydroxylamine groups is 1.